The Bertz CT molecular complexity index is 1180. The lowest BCUT2D eigenvalue weighted by atomic mass is 10.1. The van der Waals surface area contributed by atoms with E-state index in [0.29, 0.717) is 17.0 Å². The number of likely N-dealkylation sites (N-methyl/N-ethyl adjacent to an activating group) is 1. The largest absolute Gasteiger partial charge is 0.461 e. The first-order valence-corrected chi connectivity index (χ1v) is 10.8. The van der Waals surface area contributed by atoms with E-state index in [4.69, 9.17) is 9.26 Å². The van der Waals surface area contributed by atoms with Crippen LogP contribution in [-0.4, -0.2) is 54.5 Å². The number of nitrogens with zero attached hydrogens (tertiary/aromatic N) is 3. The summed E-state index contributed by atoms with van der Waals surface area (Å²) in [5.74, 6) is -0.613. The first kappa shape index (κ1) is 22.2. The third-order valence-corrected chi connectivity index (χ3v) is 6.18. The van der Waals surface area contributed by atoms with E-state index in [0.717, 1.165) is 4.31 Å². The fourth-order valence-corrected chi connectivity index (χ4v) is 4.06. The predicted octanol–water partition coefficient (Wildman–Crippen LogP) is 2.12. The molecule has 3 aromatic rings. The molecule has 164 valence electrons. The number of anilines is 1. The number of carbonyl (C=O) groups is 2. The zero-order valence-electron chi connectivity index (χ0n) is 17.2. The Balaban J connectivity index is 1.70. The number of benzene rings is 1. The van der Waals surface area contributed by atoms with Crippen LogP contribution in [0.15, 0.2) is 58.2 Å². The fourth-order valence-electron chi connectivity index (χ4n) is 2.87. The number of hydrogen-bond acceptors (Lipinski definition) is 7. The van der Waals surface area contributed by atoms with E-state index in [9.17, 15) is 18.0 Å². The second-order valence-electron chi connectivity index (χ2n) is 6.66. The summed E-state index contributed by atoms with van der Waals surface area (Å²) in [5, 5.41) is 6.31. The molecule has 0 bridgehead atoms. The highest BCUT2D eigenvalue weighted by atomic mass is 32.2. The van der Waals surface area contributed by atoms with Crippen molar-refractivity contribution in [2.75, 3.05) is 25.5 Å². The molecule has 1 amide bonds. The molecular formula is C20H22N4O6S. The molecule has 1 aromatic carbocycles. The van der Waals surface area contributed by atoms with Crippen LogP contribution in [0.3, 0.4) is 0 Å². The molecule has 0 saturated carbocycles. The maximum Gasteiger partial charge on any atom is 0.354 e. The highest BCUT2D eigenvalue weighted by molar-refractivity contribution is 7.89. The van der Waals surface area contributed by atoms with Crippen LogP contribution in [0.5, 0.6) is 0 Å². The van der Waals surface area contributed by atoms with Crippen LogP contribution in [0.1, 0.15) is 17.4 Å². The molecule has 3 rings (SSSR count). The Labute approximate surface area is 179 Å². The van der Waals surface area contributed by atoms with E-state index in [1.54, 1.807) is 44.3 Å². The van der Waals surface area contributed by atoms with Gasteiger partial charge in [0.15, 0.2) is 5.76 Å². The van der Waals surface area contributed by atoms with Gasteiger partial charge in [0, 0.05) is 37.6 Å². The fraction of sp³-hybridized carbons (Fsp3) is 0.250. The van der Waals surface area contributed by atoms with Crippen LogP contribution in [0.25, 0.3) is 11.3 Å². The van der Waals surface area contributed by atoms with Gasteiger partial charge in [0.1, 0.15) is 10.6 Å². The number of nitrogens with one attached hydrogen (secondary N) is 1. The number of sulfonamides is 1. The highest BCUT2D eigenvalue weighted by Gasteiger charge is 2.26. The van der Waals surface area contributed by atoms with Crippen LogP contribution in [0.2, 0.25) is 0 Å². The second-order valence-corrected chi connectivity index (χ2v) is 8.70. The van der Waals surface area contributed by atoms with Crippen molar-refractivity contribution in [1.29, 1.82) is 0 Å². The average molecular weight is 446 g/mol. The molecule has 0 unspecified atom stereocenters. The van der Waals surface area contributed by atoms with E-state index in [1.807, 2.05) is 0 Å². The van der Waals surface area contributed by atoms with Gasteiger partial charge in [-0.05, 0) is 25.1 Å². The second kappa shape index (κ2) is 9.14. The van der Waals surface area contributed by atoms with Gasteiger partial charge in [-0.1, -0.05) is 17.3 Å². The van der Waals surface area contributed by atoms with Gasteiger partial charge in [0.25, 0.3) is 0 Å². The Morgan fingerprint density at radius 1 is 1.26 bits per heavy atom. The molecule has 0 spiro atoms. The number of amides is 1. The normalized spacial score (nSPS) is 11.5. The Hall–Kier alpha value is -3.44. The zero-order valence-corrected chi connectivity index (χ0v) is 18.0. The summed E-state index contributed by atoms with van der Waals surface area (Å²) >= 11 is 0. The topological polar surface area (TPSA) is 124 Å². The minimum atomic E-state index is -4.00. The minimum absolute atomic E-state index is 0.0995. The van der Waals surface area contributed by atoms with Crippen LogP contribution in [0, 0.1) is 0 Å². The van der Waals surface area contributed by atoms with Gasteiger partial charge in [-0.15, -0.1) is 0 Å². The molecule has 11 heteroatoms. The Morgan fingerprint density at radius 2 is 2.03 bits per heavy atom. The summed E-state index contributed by atoms with van der Waals surface area (Å²) in [6, 6.07) is 9.80. The number of esters is 1. The van der Waals surface area contributed by atoms with Gasteiger partial charge in [-0.3, -0.25) is 4.79 Å². The van der Waals surface area contributed by atoms with Crippen LogP contribution in [-0.2, 0) is 26.6 Å². The summed E-state index contributed by atoms with van der Waals surface area (Å²) in [4.78, 5) is 24.3. The lowest BCUT2D eigenvalue weighted by Crippen LogP contribution is -2.34. The van der Waals surface area contributed by atoms with Crippen molar-refractivity contribution in [3.05, 3.63) is 54.5 Å². The number of aryl methyl sites for hydroxylation is 1. The van der Waals surface area contributed by atoms with Crippen LogP contribution in [0.4, 0.5) is 5.69 Å². The van der Waals surface area contributed by atoms with Crippen molar-refractivity contribution in [1.82, 2.24) is 14.0 Å². The first-order valence-electron chi connectivity index (χ1n) is 9.33. The van der Waals surface area contributed by atoms with Gasteiger partial charge >= 0.3 is 5.97 Å². The van der Waals surface area contributed by atoms with Crippen LogP contribution >= 0.6 is 0 Å². The highest BCUT2D eigenvalue weighted by Crippen LogP contribution is 2.22. The molecule has 0 atom stereocenters. The van der Waals surface area contributed by atoms with Gasteiger partial charge in [-0.25, -0.2) is 13.2 Å². The Kier molecular flexibility index (Phi) is 6.56. The van der Waals surface area contributed by atoms with Gasteiger partial charge in [0.2, 0.25) is 15.9 Å². The SMILES string of the molecule is CCOC(=O)c1cc(S(=O)(=O)N(C)CC(=O)Nc2cccc(-c3ccno3)c2)cn1C. The smallest absolute Gasteiger partial charge is 0.354 e. The standard InChI is InChI=1S/C20H22N4O6S/c1-4-29-20(26)17-11-16(12-23(17)2)31(27,28)24(3)13-19(25)22-15-7-5-6-14(10-15)18-8-9-21-30-18/h5-12H,4,13H2,1-3H3,(H,22,25). The molecule has 0 saturated heterocycles. The maximum absolute atomic E-state index is 12.8. The molecule has 10 nitrogen and oxygen atoms in total. The minimum Gasteiger partial charge on any atom is -0.461 e. The van der Waals surface area contributed by atoms with Crippen molar-refractivity contribution in [2.24, 2.45) is 7.05 Å². The van der Waals surface area contributed by atoms with Crippen molar-refractivity contribution in [3.8, 4) is 11.3 Å². The van der Waals surface area contributed by atoms with Gasteiger partial charge < -0.3 is 19.1 Å². The van der Waals surface area contributed by atoms with E-state index < -0.39 is 28.4 Å². The third-order valence-electron chi connectivity index (χ3n) is 4.41. The molecular weight excluding hydrogens is 424 g/mol. The van der Waals surface area contributed by atoms with Gasteiger partial charge in [-0.2, -0.15) is 4.31 Å². The molecule has 0 aliphatic heterocycles. The Morgan fingerprint density at radius 3 is 2.71 bits per heavy atom. The lowest BCUT2D eigenvalue weighted by Gasteiger charge is -2.16. The average Bonchev–Trinajstić information content (AvgIpc) is 3.38. The molecule has 0 fully saturated rings. The monoisotopic (exact) mass is 446 g/mol. The molecule has 31 heavy (non-hydrogen) atoms. The molecule has 0 aliphatic carbocycles. The third kappa shape index (κ3) is 5.01. The number of carbonyl (C=O) groups excluding carboxylic acids is 2. The number of ether oxygens (including phenoxy) is 1. The maximum atomic E-state index is 12.8. The zero-order chi connectivity index (χ0) is 22.6. The summed E-state index contributed by atoms with van der Waals surface area (Å²) < 4.78 is 38.0. The van der Waals surface area contributed by atoms with E-state index >= 15 is 0 Å². The summed E-state index contributed by atoms with van der Waals surface area (Å²) in [6.45, 7) is 1.41. The summed E-state index contributed by atoms with van der Waals surface area (Å²) in [6.07, 6.45) is 2.81. The van der Waals surface area contributed by atoms with Crippen molar-refractivity contribution in [3.63, 3.8) is 0 Å². The van der Waals surface area contributed by atoms with E-state index in [-0.39, 0.29) is 17.2 Å². The number of rotatable bonds is 8. The predicted molar refractivity (Wildman–Crippen MR) is 112 cm³/mol. The van der Waals surface area contributed by atoms with Crippen molar-refractivity contribution in [2.45, 2.75) is 11.8 Å². The molecule has 2 aromatic heterocycles. The summed E-state index contributed by atoms with van der Waals surface area (Å²) in [5.41, 5.74) is 1.29. The molecule has 0 radical (unpaired) electrons. The molecule has 2 heterocycles. The molecule has 0 aliphatic rings. The first-order chi connectivity index (χ1) is 14.7. The number of aromatic nitrogens is 2. The molecule has 1 N–H and O–H groups in total. The number of hydrogen-bond donors (Lipinski definition) is 1. The van der Waals surface area contributed by atoms with Gasteiger partial charge in [0.05, 0.1) is 19.3 Å². The summed E-state index contributed by atoms with van der Waals surface area (Å²) in [7, 11) is -1.17. The van der Waals surface area contributed by atoms with Crippen molar-refractivity contribution >= 4 is 27.6 Å². The van der Waals surface area contributed by atoms with E-state index in [1.165, 1.54) is 30.1 Å². The van der Waals surface area contributed by atoms with Crippen LogP contribution < -0.4 is 5.32 Å². The van der Waals surface area contributed by atoms with Crippen molar-refractivity contribution < 1.29 is 27.3 Å². The quantitative estimate of drug-likeness (QED) is 0.526. The van der Waals surface area contributed by atoms with E-state index in [2.05, 4.69) is 10.5 Å². The lowest BCUT2D eigenvalue weighted by molar-refractivity contribution is -0.116.